The number of hydrogen-bond donors (Lipinski definition) is 2. The largest absolute Gasteiger partial charge is 2.00 e. The van der Waals surface area contributed by atoms with Crippen molar-refractivity contribution in [2.24, 2.45) is 11.8 Å². The molecule has 0 aliphatic heterocycles. The first kappa shape index (κ1) is 36.6. The van der Waals surface area contributed by atoms with Crippen molar-refractivity contribution in [3.63, 3.8) is 0 Å². The maximum atomic E-state index is 11.6. The topological polar surface area (TPSA) is 121 Å². The number of carboxylic acids is 2. The van der Waals surface area contributed by atoms with E-state index >= 15 is 0 Å². The monoisotopic (exact) mass is 590 g/mol. The van der Waals surface area contributed by atoms with E-state index in [0.29, 0.717) is 24.0 Å². The van der Waals surface area contributed by atoms with Gasteiger partial charge in [0.25, 0.3) is 0 Å². The molecule has 0 atom stereocenters. The van der Waals surface area contributed by atoms with Crippen molar-refractivity contribution in [2.45, 2.75) is 105 Å². The van der Waals surface area contributed by atoms with Crippen molar-refractivity contribution in [2.75, 3.05) is 0 Å². The van der Waals surface area contributed by atoms with Gasteiger partial charge in [-0.1, -0.05) is 102 Å². The Morgan fingerprint density at radius 1 is 0.615 bits per heavy atom. The first-order chi connectivity index (χ1) is 18.0. The Morgan fingerprint density at radius 2 is 0.949 bits per heavy atom. The molecule has 6 nitrogen and oxygen atoms in total. The quantitative estimate of drug-likeness (QED) is 0.157. The molecule has 39 heavy (non-hydrogen) atoms. The molecule has 0 heterocycles. The maximum Gasteiger partial charge on any atom is 2.00 e. The van der Waals surface area contributed by atoms with Crippen LogP contribution in [0.1, 0.15) is 124 Å². The third-order valence-corrected chi connectivity index (χ3v) is 6.57. The summed E-state index contributed by atoms with van der Waals surface area (Å²) in [6, 6.07) is 8.49. The first-order valence-corrected chi connectivity index (χ1v) is 14.1. The molecule has 0 aromatic heterocycles. The van der Waals surface area contributed by atoms with Crippen LogP contribution in [0.3, 0.4) is 0 Å². The van der Waals surface area contributed by atoms with Crippen LogP contribution in [0.15, 0.2) is 36.4 Å². The average Bonchev–Trinajstić information content (AvgIpc) is 2.85. The van der Waals surface area contributed by atoms with Crippen LogP contribution in [0.2, 0.25) is 0 Å². The van der Waals surface area contributed by atoms with Crippen LogP contribution < -0.4 is 10.2 Å². The molecule has 0 saturated carbocycles. The van der Waals surface area contributed by atoms with Gasteiger partial charge in [-0.3, -0.25) is 0 Å². The minimum Gasteiger partial charge on any atom is -0.872 e. The van der Waals surface area contributed by atoms with E-state index in [4.69, 9.17) is 10.2 Å². The zero-order valence-corrected chi connectivity index (χ0v) is 27.3. The standard InChI is InChI=1S/2C16H24O3.Zn/c2*1-12(2)7-5-3-4-6-8-13-11-14(16(18)19)9-10-15(13)17;/h2*9-12,17H,3-8H2,1-2H3,(H,18,19);/q;;+2/p-2. The van der Waals surface area contributed by atoms with E-state index in [1.807, 2.05) is 0 Å². The predicted octanol–water partition coefficient (Wildman–Crippen LogP) is 7.21. The average molecular weight is 592 g/mol. The minimum atomic E-state index is -0.974. The molecule has 2 N–H and O–H groups in total. The molecular weight excluding hydrogens is 546 g/mol. The number of aromatic carboxylic acids is 2. The molecule has 0 spiro atoms. The van der Waals surface area contributed by atoms with Crippen LogP contribution >= 0.6 is 0 Å². The second-order valence-corrected chi connectivity index (χ2v) is 10.9. The van der Waals surface area contributed by atoms with Gasteiger partial charge in [0.1, 0.15) is 0 Å². The molecule has 2 aromatic rings. The van der Waals surface area contributed by atoms with Crippen molar-refractivity contribution in [3.05, 3.63) is 58.7 Å². The van der Waals surface area contributed by atoms with Gasteiger partial charge < -0.3 is 20.4 Å². The number of carboxylic acid groups (broad SMARTS) is 2. The zero-order valence-electron chi connectivity index (χ0n) is 24.3. The van der Waals surface area contributed by atoms with Crippen LogP contribution in [0.25, 0.3) is 0 Å². The fourth-order valence-corrected chi connectivity index (χ4v) is 4.26. The van der Waals surface area contributed by atoms with E-state index in [1.54, 1.807) is 0 Å². The van der Waals surface area contributed by atoms with Gasteiger partial charge in [-0.2, -0.15) is 0 Å². The van der Waals surface area contributed by atoms with Gasteiger partial charge in [0.05, 0.1) is 11.1 Å². The number of aryl methyl sites for hydroxylation is 2. The van der Waals surface area contributed by atoms with E-state index in [2.05, 4.69) is 27.7 Å². The number of benzene rings is 2. The fraction of sp³-hybridized carbons (Fsp3) is 0.562. The van der Waals surface area contributed by atoms with Crippen LogP contribution in [0.4, 0.5) is 0 Å². The number of rotatable bonds is 16. The molecule has 2 rings (SSSR count). The molecule has 0 aliphatic carbocycles. The van der Waals surface area contributed by atoms with Gasteiger partial charge in [-0.05, 0) is 61.8 Å². The second kappa shape index (κ2) is 20.5. The summed E-state index contributed by atoms with van der Waals surface area (Å²) in [5, 5.41) is 41.0. The summed E-state index contributed by atoms with van der Waals surface area (Å²) in [5.74, 6) is -0.545. The van der Waals surface area contributed by atoms with Crippen molar-refractivity contribution < 1.29 is 49.5 Å². The third-order valence-electron chi connectivity index (χ3n) is 6.57. The normalized spacial score (nSPS) is 10.6. The molecule has 0 bridgehead atoms. The van der Waals surface area contributed by atoms with Gasteiger partial charge in [-0.15, -0.1) is 11.5 Å². The van der Waals surface area contributed by atoms with Gasteiger partial charge in [0.15, 0.2) is 0 Å². The molecular formula is C32H46O6Zn. The summed E-state index contributed by atoms with van der Waals surface area (Å²) in [6.45, 7) is 8.89. The Kier molecular flexibility index (Phi) is 19.2. The van der Waals surface area contributed by atoms with Crippen LogP contribution in [-0.4, -0.2) is 22.2 Å². The Bertz CT molecular complexity index is 907. The number of carbonyl (C=O) groups is 2. The fourth-order valence-electron chi connectivity index (χ4n) is 4.26. The summed E-state index contributed by atoms with van der Waals surface area (Å²) in [4.78, 5) is 21.7. The Morgan fingerprint density at radius 3 is 1.26 bits per heavy atom. The zero-order chi connectivity index (χ0) is 28.5. The van der Waals surface area contributed by atoms with Crippen molar-refractivity contribution in [1.29, 1.82) is 0 Å². The Balaban J connectivity index is 0.000000722. The molecule has 0 saturated heterocycles. The van der Waals surface area contributed by atoms with E-state index in [0.717, 1.165) is 37.5 Å². The van der Waals surface area contributed by atoms with E-state index < -0.39 is 11.9 Å². The third kappa shape index (κ3) is 16.3. The van der Waals surface area contributed by atoms with Crippen LogP contribution in [0, 0.1) is 11.8 Å². The number of unbranched alkanes of at least 4 members (excludes halogenated alkanes) is 6. The summed E-state index contributed by atoms with van der Waals surface area (Å²) in [6.07, 6.45) is 12.8. The summed E-state index contributed by atoms with van der Waals surface area (Å²) in [5.41, 5.74) is 1.66. The van der Waals surface area contributed by atoms with E-state index in [1.165, 1.54) is 74.9 Å². The van der Waals surface area contributed by atoms with Gasteiger partial charge in [-0.25, -0.2) is 9.59 Å². The number of hydrogen-bond acceptors (Lipinski definition) is 4. The predicted molar refractivity (Wildman–Crippen MR) is 149 cm³/mol. The van der Waals surface area contributed by atoms with Crippen molar-refractivity contribution in [1.82, 2.24) is 0 Å². The van der Waals surface area contributed by atoms with Crippen LogP contribution in [-0.2, 0) is 32.3 Å². The summed E-state index contributed by atoms with van der Waals surface area (Å²) < 4.78 is 0. The van der Waals surface area contributed by atoms with Crippen molar-refractivity contribution >= 4 is 11.9 Å². The Labute approximate surface area is 247 Å². The molecule has 0 radical (unpaired) electrons. The molecule has 0 fully saturated rings. The minimum absolute atomic E-state index is 0. The van der Waals surface area contributed by atoms with E-state index in [-0.39, 0.29) is 42.1 Å². The van der Waals surface area contributed by atoms with Crippen molar-refractivity contribution in [3.8, 4) is 11.5 Å². The SMILES string of the molecule is CC(C)CCCCCCc1cc(C(=O)O)ccc1[O-].CC(C)CCCCCCc1cc(C(=O)O)ccc1[O-].[Zn+2]. The molecule has 0 aliphatic rings. The molecule has 0 amide bonds. The Hall–Kier alpha value is -2.40. The van der Waals surface area contributed by atoms with E-state index in [9.17, 15) is 19.8 Å². The van der Waals surface area contributed by atoms with Crippen LogP contribution in [0.5, 0.6) is 11.5 Å². The molecule has 0 unspecified atom stereocenters. The second-order valence-electron chi connectivity index (χ2n) is 10.9. The van der Waals surface area contributed by atoms with Gasteiger partial charge in [0, 0.05) is 0 Å². The maximum absolute atomic E-state index is 11.6. The molecule has 7 heteroatoms. The molecule has 2 aromatic carbocycles. The van der Waals surface area contributed by atoms with Gasteiger partial charge in [0.2, 0.25) is 0 Å². The van der Waals surface area contributed by atoms with Gasteiger partial charge >= 0.3 is 31.4 Å². The smallest absolute Gasteiger partial charge is 0.872 e. The summed E-state index contributed by atoms with van der Waals surface area (Å²) in [7, 11) is 0. The molecule has 212 valence electrons. The first-order valence-electron chi connectivity index (χ1n) is 14.1. The summed E-state index contributed by atoms with van der Waals surface area (Å²) >= 11 is 0.